The smallest absolute Gasteiger partial charge is 0.327 e. The number of hydrogen-bond donors (Lipinski definition) is 2. The summed E-state index contributed by atoms with van der Waals surface area (Å²) in [5, 5.41) is 18.3. The van der Waals surface area contributed by atoms with Crippen molar-refractivity contribution in [2.24, 2.45) is 0 Å². The molecule has 2 N–H and O–H groups in total. The zero-order valence-electron chi connectivity index (χ0n) is 15.8. The lowest BCUT2D eigenvalue weighted by Gasteiger charge is -2.10. The Bertz CT molecular complexity index is 365. The van der Waals surface area contributed by atoms with Gasteiger partial charge in [-0.2, -0.15) is 0 Å². The third kappa shape index (κ3) is 18.8. The van der Waals surface area contributed by atoms with E-state index >= 15 is 0 Å². The van der Waals surface area contributed by atoms with Crippen molar-refractivity contribution in [3.63, 3.8) is 0 Å². The molecule has 0 bridgehead atoms. The Morgan fingerprint density at radius 3 is 2.32 bits per heavy atom. The Morgan fingerprint density at radius 2 is 1.60 bits per heavy atom. The van der Waals surface area contributed by atoms with Crippen LogP contribution in [0.1, 0.15) is 90.4 Å². The Balaban J connectivity index is 3.38. The summed E-state index contributed by atoms with van der Waals surface area (Å²) in [5.41, 5.74) is 0. The number of carboxylic acid groups (broad SMARTS) is 1. The van der Waals surface area contributed by atoms with Gasteiger partial charge in [-0.1, -0.05) is 64.4 Å². The fourth-order valence-electron chi connectivity index (χ4n) is 2.60. The van der Waals surface area contributed by atoms with Crippen LogP contribution >= 0.6 is 0 Å². The van der Waals surface area contributed by atoms with E-state index < -0.39 is 12.1 Å². The molecule has 5 heteroatoms. The third-order valence-corrected chi connectivity index (χ3v) is 4.08. The van der Waals surface area contributed by atoms with Gasteiger partial charge in [0.1, 0.15) is 0 Å². The van der Waals surface area contributed by atoms with Crippen LogP contribution in [0.4, 0.5) is 0 Å². The van der Waals surface area contributed by atoms with E-state index in [4.69, 9.17) is 9.84 Å². The standard InChI is InChI=1S/C20H36O5/c1-2-3-4-8-11-14-18(21)17-20(24)25-16-13-10-7-5-6-9-12-15-19(22)23/h12,15,18,21H,2-11,13-14,16-17H2,1H3,(H,22,23)/b15-12+. The number of allylic oxidation sites excluding steroid dienone is 1. The van der Waals surface area contributed by atoms with Crippen LogP contribution in [0.25, 0.3) is 0 Å². The average molecular weight is 357 g/mol. The molecular formula is C20H36O5. The van der Waals surface area contributed by atoms with Gasteiger partial charge in [-0.25, -0.2) is 4.79 Å². The molecule has 0 aromatic heterocycles. The van der Waals surface area contributed by atoms with Crippen molar-refractivity contribution >= 4 is 11.9 Å². The molecule has 0 aliphatic carbocycles. The Kier molecular flexibility index (Phi) is 16.5. The van der Waals surface area contributed by atoms with Gasteiger partial charge < -0.3 is 14.9 Å². The molecule has 0 saturated carbocycles. The summed E-state index contributed by atoms with van der Waals surface area (Å²) in [6.45, 7) is 2.59. The number of aliphatic hydroxyl groups is 1. The number of ether oxygens (including phenoxy) is 1. The van der Waals surface area contributed by atoms with Crippen LogP contribution in [-0.2, 0) is 14.3 Å². The molecule has 0 amide bonds. The summed E-state index contributed by atoms with van der Waals surface area (Å²) >= 11 is 0. The van der Waals surface area contributed by atoms with E-state index in [1.165, 1.54) is 25.3 Å². The van der Waals surface area contributed by atoms with Gasteiger partial charge in [0.2, 0.25) is 0 Å². The maximum Gasteiger partial charge on any atom is 0.327 e. The number of unbranched alkanes of at least 4 members (excludes halogenated alkanes) is 9. The molecule has 0 spiro atoms. The number of carbonyl (C=O) groups is 2. The zero-order valence-corrected chi connectivity index (χ0v) is 15.8. The molecule has 0 rings (SSSR count). The Morgan fingerprint density at radius 1 is 0.960 bits per heavy atom. The number of aliphatic carboxylic acids is 1. The van der Waals surface area contributed by atoms with Gasteiger partial charge >= 0.3 is 11.9 Å². The SMILES string of the molecule is CCCCCCCC(O)CC(=O)OCCCCCCC/C=C/C(=O)O. The number of rotatable bonds is 17. The monoisotopic (exact) mass is 356 g/mol. The van der Waals surface area contributed by atoms with E-state index in [9.17, 15) is 14.7 Å². The van der Waals surface area contributed by atoms with E-state index in [2.05, 4.69) is 6.92 Å². The highest BCUT2D eigenvalue weighted by Crippen LogP contribution is 2.10. The number of carbonyl (C=O) groups excluding carboxylic acids is 1. The first-order valence-electron chi connectivity index (χ1n) is 9.79. The largest absolute Gasteiger partial charge is 0.478 e. The van der Waals surface area contributed by atoms with Crippen molar-refractivity contribution in [3.8, 4) is 0 Å². The quantitative estimate of drug-likeness (QED) is 0.226. The highest BCUT2D eigenvalue weighted by Gasteiger charge is 2.11. The number of aliphatic hydroxyl groups excluding tert-OH is 1. The molecule has 0 aliphatic heterocycles. The van der Waals surface area contributed by atoms with Crippen LogP contribution in [0.5, 0.6) is 0 Å². The molecule has 146 valence electrons. The average Bonchev–Trinajstić information content (AvgIpc) is 2.56. The lowest BCUT2D eigenvalue weighted by Crippen LogP contribution is -2.16. The van der Waals surface area contributed by atoms with Gasteiger partial charge in [0.15, 0.2) is 0 Å². The van der Waals surface area contributed by atoms with Gasteiger partial charge in [0, 0.05) is 6.08 Å². The molecule has 1 atom stereocenters. The van der Waals surface area contributed by atoms with Crippen LogP contribution in [0.2, 0.25) is 0 Å². The van der Waals surface area contributed by atoms with Gasteiger partial charge in [0.05, 0.1) is 19.1 Å². The summed E-state index contributed by atoms with van der Waals surface area (Å²) < 4.78 is 5.15. The molecule has 1 unspecified atom stereocenters. The fraction of sp³-hybridized carbons (Fsp3) is 0.800. The summed E-state index contributed by atoms with van der Waals surface area (Å²) in [7, 11) is 0. The minimum absolute atomic E-state index is 0.101. The van der Waals surface area contributed by atoms with E-state index in [0.29, 0.717) is 13.0 Å². The predicted octanol–water partition coefficient (Wildman–Crippen LogP) is 4.62. The normalized spacial score (nSPS) is 12.4. The molecule has 0 heterocycles. The third-order valence-electron chi connectivity index (χ3n) is 4.08. The van der Waals surface area contributed by atoms with Crippen molar-refractivity contribution in [1.82, 2.24) is 0 Å². The maximum absolute atomic E-state index is 11.6. The fourth-order valence-corrected chi connectivity index (χ4v) is 2.60. The molecule has 25 heavy (non-hydrogen) atoms. The van der Waals surface area contributed by atoms with E-state index in [-0.39, 0.29) is 12.4 Å². The first-order valence-corrected chi connectivity index (χ1v) is 9.79. The minimum Gasteiger partial charge on any atom is -0.478 e. The number of carboxylic acids is 1. The van der Waals surface area contributed by atoms with E-state index in [1.807, 2.05) is 0 Å². The first-order chi connectivity index (χ1) is 12.1. The molecule has 0 radical (unpaired) electrons. The second-order valence-electron chi connectivity index (χ2n) is 6.58. The second kappa shape index (κ2) is 17.5. The molecule has 0 aromatic carbocycles. The van der Waals surface area contributed by atoms with Gasteiger partial charge in [0.25, 0.3) is 0 Å². The number of esters is 1. The lowest BCUT2D eigenvalue weighted by molar-refractivity contribution is -0.146. The molecule has 0 aliphatic rings. The maximum atomic E-state index is 11.6. The van der Waals surface area contributed by atoms with Crippen LogP contribution in [0.15, 0.2) is 12.2 Å². The highest BCUT2D eigenvalue weighted by molar-refractivity contribution is 5.79. The second-order valence-corrected chi connectivity index (χ2v) is 6.58. The lowest BCUT2D eigenvalue weighted by atomic mass is 10.1. The summed E-state index contributed by atoms with van der Waals surface area (Å²) in [4.78, 5) is 21.9. The zero-order chi connectivity index (χ0) is 18.8. The summed E-state index contributed by atoms with van der Waals surface area (Å²) in [6.07, 6.45) is 14.5. The Labute approximate surface area is 152 Å². The van der Waals surface area contributed by atoms with Crippen molar-refractivity contribution in [3.05, 3.63) is 12.2 Å². The van der Waals surface area contributed by atoms with Gasteiger partial charge in [-0.05, 0) is 25.7 Å². The van der Waals surface area contributed by atoms with Crippen molar-refractivity contribution in [2.75, 3.05) is 6.61 Å². The van der Waals surface area contributed by atoms with Crippen molar-refractivity contribution < 1.29 is 24.5 Å². The van der Waals surface area contributed by atoms with Crippen LogP contribution < -0.4 is 0 Å². The highest BCUT2D eigenvalue weighted by atomic mass is 16.5. The topological polar surface area (TPSA) is 83.8 Å². The molecule has 5 nitrogen and oxygen atoms in total. The molecule has 0 aromatic rings. The van der Waals surface area contributed by atoms with E-state index in [0.717, 1.165) is 51.4 Å². The van der Waals surface area contributed by atoms with Gasteiger partial charge in [-0.15, -0.1) is 0 Å². The van der Waals surface area contributed by atoms with Crippen LogP contribution in [0, 0.1) is 0 Å². The van der Waals surface area contributed by atoms with E-state index in [1.54, 1.807) is 6.08 Å². The molecular weight excluding hydrogens is 320 g/mol. The Hall–Kier alpha value is -1.36. The van der Waals surface area contributed by atoms with Gasteiger partial charge in [-0.3, -0.25) is 4.79 Å². The van der Waals surface area contributed by atoms with Crippen molar-refractivity contribution in [2.45, 2.75) is 96.5 Å². The molecule has 0 fully saturated rings. The van der Waals surface area contributed by atoms with Crippen molar-refractivity contribution in [1.29, 1.82) is 0 Å². The predicted molar refractivity (Wildman–Crippen MR) is 99.4 cm³/mol. The minimum atomic E-state index is -0.900. The number of hydrogen-bond acceptors (Lipinski definition) is 4. The summed E-state index contributed by atoms with van der Waals surface area (Å²) in [6, 6.07) is 0. The van der Waals surface area contributed by atoms with Crippen LogP contribution in [0.3, 0.4) is 0 Å². The first kappa shape index (κ1) is 23.6. The molecule has 0 saturated heterocycles. The summed E-state index contributed by atoms with van der Waals surface area (Å²) in [5.74, 6) is -1.21. The van der Waals surface area contributed by atoms with Crippen LogP contribution in [-0.4, -0.2) is 34.9 Å².